The molecule has 0 fully saturated rings. The average molecular weight is 271 g/mol. The standard InChI is InChI=1S/C15H21N5/c1-12-5-4-6-13(9-12)19-15-10-14(17-11-18-15)16-7-8-20(2)3/h4-6,9-11H,7-8H2,1-3H3,(H2,16,17,18,19). The highest BCUT2D eigenvalue weighted by atomic mass is 15.1. The molecule has 1 heterocycles. The van der Waals surface area contributed by atoms with Crippen LogP contribution in [0.4, 0.5) is 17.3 Å². The Labute approximate surface area is 120 Å². The Morgan fingerprint density at radius 3 is 2.65 bits per heavy atom. The monoisotopic (exact) mass is 271 g/mol. The van der Waals surface area contributed by atoms with Gasteiger partial charge < -0.3 is 15.5 Å². The zero-order valence-electron chi connectivity index (χ0n) is 12.2. The quantitative estimate of drug-likeness (QED) is 0.845. The Morgan fingerprint density at radius 1 is 1.10 bits per heavy atom. The van der Waals surface area contributed by atoms with Crippen molar-refractivity contribution in [3.8, 4) is 0 Å². The van der Waals surface area contributed by atoms with E-state index in [-0.39, 0.29) is 0 Å². The second kappa shape index (κ2) is 6.86. The highest BCUT2D eigenvalue weighted by molar-refractivity contribution is 5.59. The van der Waals surface area contributed by atoms with Gasteiger partial charge in [-0.3, -0.25) is 0 Å². The van der Waals surface area contributed by atoms with Crippen LogP contribution in [-0.4, -0.2) is 42.1 Å². The number of hydrogen-bond acceptors (Lipinski definition) is 5. The highest BCUT2D eigenvalue weighted by Crippen LogP contribution is 2.17. The molecule has 0 radical (unpaired) electrons. The fourth-order valence-electron chi connectivity index (χ4n) is 1.80. The molecule has 0 aliphatic heterocycles. The largest absolute Gasteiger partial charge is 0.369 e. The van der Waals surface area contributed by atoms with E-state index >= 15 is 0 Å². The van der Waals surface area contributed by atoms with Gasteiger partial charge in [0.25, 0.3) is 0 Å². The van der Waals surface area contributed by atoms with Gasteiger partial charge >= 0.3 is 0 Å². The molecule has 0 saturated heterocycles. The molecule has 1 aromatic heterocycles. The van der Waals surface area contributed by atoms with Crippen molar-refractivity contribution < 1.29 is 0 Å². The highest BCUT2D eigenvalue weighted by Gasteiger charge is 2.00. The van der Waals surface area contributed by atoms with Gasteiger partial charge in [-0.15, -0.1) is 0 Å². The zero-order valence-corrected chi connectivity index (χ0v) is 12.2. The number of hydrogen-bond donors (Lipinski definition) is 2. The summed E-state index contributed by atoms with van der Waals surface area (Å²) in [6, 6.07) is 10.1. The summed E-state index contributed by atoms with van der Waals surface area (Å²) in [5, 5.41) is 6.56. The number of nitrogens with one attached hydrogen (secondary N) is 2. The molecule has 20 heavy (non-hydrogen) atoms. The fourth-order valence-corrected chi connectivity index (χ4v) is 1.80. The lowest BCUT2D eigenvalue weighted by Crippen LogP contribution is -2.21. The number of nitrogens with zero attached hydrogens (tertiary/aromatic N) is 3. The molecule has 0 aliphatic rings. The van der Waals surface area contributed by atoms with Gasteiger partial charge in [0, 0.05) is 24.8 Å². The molecule has 0 atom stereocenters. The molecule has 0 saturated carbocycles. The van der Waals surface area contributed by atoms with E-state index < -0.39 is 0 Å². The maximum atomic E-state index is 4.23. The van der Waals surface area contributed by atoms with Crippen molar-refractivity contribution in [2.45, 2.75) is 6.92 Å². The molecule has 0 unspecified atom stereocenters. The van der Waals surface area contributed by atoms with Crippen molar-refractivity contribution >= 4 is 17.3 Å². The van der Waals surface area contributed by atoms with Gasteiger partial charge in [0.1, 0.15) is 18.0 Å². The van der Waals surface area contributed by atoms with Crippen LogP contribution >= 0.6 is 0 Å². The lowest BCUT2D eigenvalue weighted by atomic mass is 10.2. The van der Waals surface area contributed by atoms with E-state index in [2.05, 4.69) is 44.6 Å². The summed E-state index contributed by atoms with van der Waals surface area (Å²) in [4.78, 5) is 10.6. The lowest BCUT2D eigenvalue weighted by Gasteiger charge is -2.11. The Balaban J connectivity index is 1.99. The molecule has 0 aliphatic carbocycles. The van der Waals surface area contributed by atoms with E-state index in [0.717, 1.165) is 30.4 Å². The maximum absolute atomic E-state index is 4.23. The summed E-state index contributed by atoms with van der Waals surface area (Å²) in [5.74, 6) is 1.62. The first-order chi connectivity index (χ1) is 9.63. The van der Waals surface area contributed by atoms with Gasteiger partial charge in [-0.25, -0.2) is 9.97 Å². The van der Waals surface area contributed by atoms with E-state index in [1.54, 1.807) is 6.33 Å². The lowest BCUT2D eigenvalue weighted by molar-refractivity contribution is 0.425. The number of rotatable bonds is 6. The summed E-state index contributed by atoms with van der Waals surface area (Å²) in [5.41, 5.74) is 2.25. The van der Waals surface area contributed by atoms with E-state index in [1.807, 2.05) is 32.3 Å². The molecule has 2 rings (SSSR count). The number of aromatic nitrogens is 2. The molecule has 0 bridgehead atoms. The van der Waals surface area contributed by atoms with Gasteiger partial charge in [0.15, 0.2) is 0 Å². The topological polar surface area (TPSA) is 53.1 Å². The third-order valence-corrected chi connectivity index (χ3v) is 2.82. The van der Waals surface area contributed by atoms with Crippen molar-refractivity contribution in [2.24, 2.45) is 0 Å². The SMILES string of the molecule is Cc1cccc(Nc2cc(NCCN(C)C)ncn2)c1. The third kappa shape index (κ3) is 4.51. The Bertz CT molecular complexity index is 553. The van der Waals surface area contributed by atoms with Crippen molar-refractivity contribution in [1.29, 1.82) is 0 Å². The molecule has 0 spiro atoms. The van der Waals surface area contributed by atoms with Crippen LogP contribution in [0.5, 0.6) is 0 Å². The molecular weight excluding hydrogens is 250 g/mol. The minimum Gasteiger partial charge on any atom is -0.369 e. The van der Waals surface area contributed by atoms with E-state index in [0.29, 0.717) is 0 Å². The summed E-state index contributed by atoms with van der Waals surface area (Å²) >= 11 is 0. The first-order valence-electron chi connectivity index (χ1n) is 6.68. The number of likely N-dealkylation sites (N-methyl/N-ethyl adjacent to an activating group) is 1. The van der Waals surface area contributed by atoms with Gasteiger partial charge in [-0.2, -0.15) is 0 Å². The fraction of sp³-hybridized carbons (Fsp3) is 0.333. The molecular formula is C15H21N5. The first-order valence-corrected chi connectivity index (χ1v) is 6.68. The minimum absolute atomic E-state index is 0.790. The van der Waals surface area contributed by atoms with Gasteiger partial charge in [-0.05, 0) is 38.7 Å². The van der Waals surface area contributed by atoms with Crippen LogP contribution in [0.1, 0.15) is 5.56 Å². The average Bonchev–Trinajstić information content (AvgIpc) is 2.39. The normalized spacial score (nSPS) is 10.6. The number of benzene rings is 1. The summed E-state index contributed by atoms with van der Waals surface area (Å²) in [6.45, 7) is 3.89. The summed E-state index contributed by atoms with van der Waals surface area (Å²) < 4.78 is 0. The smallest absolute Gasteiger partial charge is 0.135 e. The molecule has 2 aromatic rings. The van der Waals surface area contributed by atoms with Gasteiger partial charge in [0.2, 0.25) is 0 Å². The number of anilines is 3. The Kier molecular flexibility index (Phi) is 4.90. The molecule has 2 N–H and O–H groups in total. The van der Waals surface area contributed by atoms with E-state index in [1.165, 1.54) is 5.56 Å². The van der Waals surface area contributed by atoms with Crippen LogP contribution in [0, 0.1) is 6.92 Å². The van der Waals surface area contributed by atoms with Crippen LogP contribution in [0.15, 0.2) is 36.7 Å². The Hall–Kier alpha value is -2.14. The maximum Gasteiger partial charge on any atom is 0.135 e. The predicted molar refractivity (Wildman–Crippen MR) is 83.5 cm³/mol. The van der Waals surface area contributed by atoms with E-state index in [4.69, 9.17) is 0 Å². The Morgan fingerprint density at radius 2 is 1.90 bits per heavy atom. The van der Waals surface area contributed by atoms with E-state index in [9.17, 15) is 0 Å². The van der Waals surface area contributed by atoms with Crippen molar-refractivity contribution in [3.05, 3.63) is 42.2 Å². The van der Waals surface area contributed by atoms with Crippen LogP contribution < -0.4 is 10.6 Å². The summed E-state index contributed by atoms with van der Waals surface area (Å²) in [7, 11) is 4.10. The molecule has 5 nitrogen and oxygen atoms in total. The van der Waals surface area contributed by atoms with Crippen molar-refractivity contribution in [2.75, 3.05) is 37.8 Å². The van der Waals surface area contributed by atoms with Crippen LogP contribution in [0.25, 0.3) is 0 Å². The van der Waals surface area contributed by atoms with Crippen molar-refractivity contribution in [1.82, 2.24) is 14.9 Å². The number of aryl methyl sites for hydroxylation is 1. The van der Waals surface area contributed by atoms with Gasteiger partial charge in [0.05, 0.1) is 0 Å². The van der Waals surface area contributed by atoms with Crippen LogP contribution in [0.2, 0.25) is 0 Å². The predicted octanol–water partition coefficient (Wildman–Crippen LogP) is 2.50. The van der Waals surface area contributed by atoms with Gasteiger partial charge in [-0.1, -0.05) is 12.1 Å². The molecule has 5 heteroatoms. The molecule has 1 aromatic carbocycles. The van der Waals surface area contributed by atoms with Crippen LogP contribution in [-0.2, 0) is 0 Å². The third-order valence-electron chi connectivity index (χ3n) is 2.82. The second-order valence-corrected chi connectivity index (χ2v) is 5.01. The zero-order chi connectivity index (χ0) is 14.4. The summed E-state index contributed by atoms with van der Waals surface area (Å²) in [6.07, 6.45) is 1.57. The van der Waals surface area contributed by atoms with Crippen molar-refractivity contribution in [3.63, 3.8) is 0 Å². The first kappa shape index (κ1) is 14.3. The van der Waals surface area contributed by atoms with Crippen LogP contribution in [0.3, 0.4) is 0 Å². The minimum atomic E-state index is 0.790. The molecule has 106 valence electrons. The second-order valence-electron chi connectivity index (χ2n) is 5.01. The molecule has 0 amide bonds.